The van der Waals surface area contributed by atoms with E-state index in [1.165, 1.54) is 5.56 Å². The Morgan fingerprint density at radius 3 is 2.52 bits per heavy atom. The maximum absolute atomic E-state index is 13.2. The van der Waals surface area contributed by atoms with E-state index in [4.69, 9.17) is 11.6 Å². The molecule has 1 saturated heterocycles. The van der Waals surface area contributed by atoms with Crippen LogP contribution < -0.4 is 5.32 Å². The van der Waals surface area contributed by atoms with Gasteiger partial charge in [0.25, 0.3) is 0 Å². The van der Waals surface area contributed by atoms with E-state index in [-0.39, 0.29) is 17.7 Å². The molecule has 1 heterocycles. The van der Waals surface area contributed by atoms with Crippen molar-refractivity contribution < 1.29 is 9.59 Å². The normalized spacial score (nSPS) is 17.4. The van der Waals surface area contributed by atoms with Crippen molar-refractivity contribution in [2.24, 2.45) is 5.92 Å². The molecule has 1 aliphatic heterocycles. The van der Waals surface area contributed by atoms with E-state index < -0.39 is 6.04 Å². The van der Waals surface area contributed by atoms with Crippen molar-refractivity contribution in [2.75, 3.05) is 11.9 Å². The van der Waals surface area contributed by atoms with Gasteiger partial charge in [0, 0.05) is 17.3 Å². The first kappa shape index (κ1) is 21.4. The summed E-state index contributed by atoms with van der Waals surface area (Å²) in [6.45, 7) is 6.93. The SMILES string of the molecule is CC(C)Cc1ccc(C(C)C(=O)N2CCCC2C(=O)Nc2cccc(Cl)c2)cc1. The lowest BCUT2D eigenvalue weighted by atomic mass is 9.95. The molecule has 2 atom stereocenters. The first-order valence-corrected chi connectivity index (χ1v) is 10.7. The first-order chi connectivity index (χ1) is 13.8. The van der Waals surface area contributed by atoms with Gasteiger partial charge >= 0.3 is 0 Å². The molecule has 2 aromatic carbocycles. The molecule has 2 amide bonds. The Morgan fingerprint density at radius 2 is 1.86 bits per heavy atom. The van der Waals surface area contributed by atoms with Crippen LogP contribution >= 0.6 is 11.6 Å². The van der Waals surface area contributed by atoms with E-state index >= 15 is 0 Å². The zero-order valence-electron chi connectivity index (χ0n) is 17.3. The van der Waals surface area contributed by atoms with Crippen LogP contribution in [0.5, 0.6) is 0 Å². The minimum absolute atomic E-state index is 0.00496. The van der Waals surface area contributed by atoms with Crippen LogP contribution in [0.15, 0.2) is 48.5 Å². The van der Waals surface area contributed by atoms with E-state index in [1.54, 1.807) is 29.2 Å². The molecule has 29 heavy (non-hydrogen) atoms. The molecule has 2 unspecified atom stereocenters. The van der Waals surface area contributed by atoms with Crippen LogP contribution in [0.4, 0.5) is 5.69 Å². The highest BCUT2D eigenvalue weighted by molar-refractivity contribution is 6.30. The van der Waals surface area contributed by atoms with E-state index in [1.807, 2.05) is 19.1 Å². The monoisotopic (exact) mass is 412 g/mol. The topological polar surface area (TPSA) is 49.4 Å². The van der Waals surface area contributed by atoms with Crippen molar-refractivity contribution in [3.63, 3.8) is 0 Å². The van der Waals surface area contributed by atoms with E-state index in [9.17, 15) is 9.59 Å². The maximum atomic E-state index is 13.2. The molecule has 154 valence electrons. The van der Waals surface area contributed by atoms with Crippen LogP contribution in [-0.4, -0.2) is 29.3 Å². The Balaban J connectivity index is 1.67. The van der Waals surface area contributed by atoms with Crippen molar-refractivity contribution in [3.8, 4) is 0 Å². The molecule has 2 aromatic rings. The second-order valence-corrected chi connectivity index (χ2v) is 8.69. The third kappa shape index (κ3) is 5.39. The highest BCUT2D eigenvalue weighted by Crippen LogP contribution is 2.26. The predicted molar refractivity (Wildman–Crippen MR) is 118 cm³/mol. The summed E-state index contributed by atoms with van der Waals surface area (Å²) in [4.78, 5) is 27.7. The number of hydrogen-bond donors (Lipinski definition) is 1. The zero-order chi connectivity index (χ0) is 21.0. The van der Waals surface area contributed by atoms with Crippen LogP contribution in [0.2, 0.25) is 5.02 Å². The van der Waals surface area contributed by atoms with E-state index in [0.717, 1.165) is 18.4 Å². The van der Waals surface area contributed by atoms with Crippen molar-refractivity contribution >= 4 is 29.1 Å². The molecule has 0 aromatic heterocycles. The van der Waals surface area contributed by atoms with Gasteiger partial charge in [-0.1, -0.05) is 55.8 Å². The number of nitrogens with zero attached hydrogens (tertiary/aromatic N) is 1. The minimum Gasteiger partial charge on any atom is -0.330 e. The van der Waals surface area contributed by atoms with Gasteiger partial charge in [0.05, 0.1) is 5.92 Å². The molecule has 5 heteroatoms. The lowest BCUT2D eigenvalue weighted by Crippen LogP contribution is -2.44. The zero-order valence-corrected chi connectivity index (χ0v) is 18.1. The number of nitrogens with one attached hydrogen (secondary N) is 1. The summed E-state index contributed by atoms with van der Waals surface area (Å²) in [7, 11) is 0. The molecule has 0 aliphatic carbocycles. The molecule has 1 fully saturated rings. The number of hydrogen-bond acceptors (Lipinski definition) is 2. The van der Waals surface area contributed by atoms with Crippen LogP contribution in [0, 0.1) is 5.92 Å². The number of anilines is 1. The summed E-state index contributed by atoms with van der Waals surface area (Å²) in [5.74, 6) is 0.175. The van der Waals surface area contributed by atoms with Crippen molar-refractivity contribution in [1.82, 2.24) is 4.90 Å². The Morgan fingerprint density at radius 1 is 1.14 bits per heavy atom. The van der Waals surface area contributed by atoms with Crippen LogP contribution in [0.1, 0.15) is 50.7 Å². The van der Waals surface area contributed by atoms with Gasteiger partial charge in [-0.05, 0) is 61.4 Å². The summed E-state index contributed by atoms with van der Waals surface area (Å²) >= 11 is 6.00. The summed E-state index contributed by atoms with van der Waals surface area (Å²) in [5.41, 5.74) is 2.92. The number of halogens is 1. The third-order valence-corrected chi connectivity index (χ3v) is 5.66. The molecule has 1 aliphatic rings. The fraction of sp³-hybridized carbons (Fsp3) is 0.417. The summed E-state index contributed by atoms with van der Waals surface area (Å²) in [5, 5.41) is 3.46. The number of likely N-dealkylation sites (tertiary alicyclic amines) is 1. The molecule has 3 rings (SSSR count). The van der Waals surface area contributed by atoms with Crippen molar-refractivity contribution in [3.05, 3.63) is 64.7 Å². The number of amides is 2. The Bertz CT molecular complexity index is 863. The average Bonchev–Trinajstić information content (AvgIpc) is 3.17. The third-order valence-electron chi connectivity index (χ3n) is 5.42. The largest absolute Gasteiger partial charge is 0.330 e. The highest BCUT2D eigenvalue weighted by Gasteiger charge is 2.36. The van der Waals surface area contributed by atoms with Gasteiger partial charge in [-0.2, -0.15) is 0 Å². The Kier molecular flexibility index (Phi) is 6.96. The number of benzene rings is 2. The molecule has 0 radical (unpaired) electrons. The molecule has 0 saturated carbocycles. The van der Waals surface area contributed by atoms with Crippen LogP contribution in [0.25, 0.3) is 0 Å². The fourth-order valence-electron chi connectivity index (χ4n) is 3.90. The van der Waals surface area contributed by atoms with Crippen molar-refractivity contribution in [2.45, 2.75) is 52.0 Å². The van der Waals surface area contributed by atoms with E-state index in [2.05, 4.69) is 31.3 Å². The molecular weight excluding hydrogens is 384 g/mol. The standard InChI is InChI=1S/C24H29ClN2O2/c1-16(2)14-18-9-11-19(12-10-18)17(3)24(29)27-13-5-8-22(27)23(28)26-21-7-4-6-20(25)15-21/h4,6-7,9-12,15-17,22H,5,8,13-14H2,1-3H3,(H,26,28). The lowest BCUT2D eigenvalue weighted by Gasteiger charge is -2.27. The maximum Gasteiger partial charge on any atom is 0.247 e. The first-order valence-electron chi connectivity index (χ1n) is 10.3. The predicted octanol–water partition coefficient (Wildman–Crippen LogP) is 5.27. The summed E-state index contributed by atoms with van der Waals surface area (Å²) in [6.07, 6.45) is 2.54. The minimum atomic E-state index is -0.441. The molecule has 0 spiro atoms. The Hall–Kier alpha value is -2.33. The smallest absolute Gasteiger partial charge is 0.247 e. The quantitative estimate of drug-likeness (QED) is 0.702. The summed E-state index contributed by atoms with van der Waals surface area (Å²) in [6, 6.07) is 14.9. The molecule has 1 N–H and O–H groups in total. The fourth-order valence-corrected chi connectivity index (χ4v) is 4.09. The van der Waals surface area contributed by atoms with Gasteiger partial charge in [-0.3, -0.25) is 9.59 Å². The molecular formula is C24H29ClN2O2. The van der Waals surface area contributed by atoms with Gasteiger partial charge in [-0.15, -0.1) is 0 Å². The van der Waals surface area contributed by atoms with E-state index in [0.29, 0.717) is 29.6 Å². The van der Waals surface area contributed by atoms with Gasteiger partial charge in [-0.25, -0.2) is 0 Å². The highest BCUT2D eigenvalue weighted by atomic mass is 35.5. The van der Waals surface area contributed by atoms with Crippen LogP contribution in [0.3, 0.4) is 0 Å². The van der Waals surface area contributed by atoms with Gasteiger partial charge < -0.3 is 10.2 Å². The number of rotatable bonds is 6. The number of carbonyl (C=O) groups is 2. The second-order valence-electron chi connectivity index (χ2n) is 8.25. The lowest BCUT2D eigenvalue weighted by molar-refractivity contribution is -0.137. The van der Waals surface area contributed by atoms with Crippen LogP contribution in [-0.2, 0) is 16.0 Å². The van der Waals surface area contributed by atoms with Gasteiger partial charge in [0.15, 0.2) is 0 Å². The average molecular weight is 413 g/mol. The van der Waals surface area contributed by atoms with Crippen molar-refractivity contribution in [1.29, 1.82) is 0 Å². The number of carbonyl (C=O) groups excluding carboxylic acids is 2. The summed E-state index contributed by atoms with van der Waals surface area (Å²) < 4.78 is 0. The van der Waals surface area contributed by atoms with Gasteiger partial charge in [0.1, 0.15) is 6.04 Å². The molecule has 0 bridgehead atoms. The Labute approximate surface area is 178 Å². The van der Waals surface area contributed by atoms with Gasteiger partial charge in [0.2, 0.25) is 11.8 Å². The second kappa shape index (κ2) is 9.45. The molecule has 4 nitrogen and oxygen atoms in total.